The molecule has 1 aliphatic heterocycles. The standard InChI is InChI=1S/C18H14ClF2N3OS/c19-12-3-1-11(2-4-12)17(25)23-5-7-24(8-6-23)18-22-16-14(21)9-13(20)10-15(16)26-18/h1-4,9-10H,5-8H2. The normalized spacial score (nSPS) is 14.9. The number of thiazole rings is 1. The molecule has 0 unspecified atom stereocenters. The van der Waals surface area contributed by atoms with Crippen LogP contribution in [-0.4, -0.2) is 42.0 Å². The van der Waals surface area contributed by atoms with Crippen molar-refractivity contribution in [3.8, 4) is 0 Å². The van der Waals surface area contributed by atoms with E-state index in [2.05, 4.69) is 4.98 Å². The molecule has 0 radical (unpaired) electrons. The Morgan fingerprint density at radius 2 is 1.77 bits per heavy atom. The van der Waals surface area contributed by atoms with Gasteiger partial charge in [0.1, 0.15) is 11.3 Å². The Kier molecular flexibility index (Phi) is 4.50. The van der Waals surface area contributed by atoms with Crippen molar-refractivity contribution >= 4 is 44.2 Å². The van der Waals surface area contributed by atoms with E-state index >= 15 is 0 Å². The highest BCUT2D eigenvalue weighted by Crippen LogP contribution is 2.31. The van der Waals surface area contributed by atoms with E-state index in [0.717, 1.165) is 6.07 Å². The summed E-state index contributed by atoms with van der Waals surface area (Å²) >= 11 is 7.11. The highest BCUT2D eigenvalue weighted by Gasteiger charge is 2.24. The highest BCUT2D eigenvalue weighted by molar-refractivity contribution is 7.22. The third-order valence-electron chi connectivity index (χ3n) is 4.33. The van der Waals surface area contributed by atoms with E-state index in [-0.39, 0.29) is 11.4 Å². The van der Waals surface area contributed by atoms with Crippen molar-refractivity contribution in [2.24, 2.45) is 0 Å². The van der Waals surface area contributed by atoms with Gasteiger partial charge in [0, 0.05) is 42.8 Å². The minimum absolute atomic E-state index is 0.0428. The minimum Gasteiger partial charge on any atom is -0.345 e. The topological polar surface area (TPSA) is 36.4 Å². The molecule has 2 aromatic carbocycles. The Morgan fingerprint density at radius 1 is 1.08 bits per heavy atom. The number of amides is 1. The number of halogens is 3. The van der Waals surface area contributed by atoms with Crippen molar-refractivity contribution < 1.29 is 13.6 Å². The average molecular weight is 394 g/mol. The number of fused-ring (bicyclic) bond motifs is 1. The zero-order valence-electron chi connectivity index (χ0n) is 13.6. The second-order valence-electron chi connectivity index (χ2n) is 6.02. The quantitative estimate of drug-likeness (QED) is 0.655. The number of carbonyl (C=O) groups is 1. The smallest absolute Gasteiger partial charge is 0.253 e. The molecular weight excluding hydrogens is 380 g/mol. The number of carbonyl (C=O) groups excluding carboxylic acids is 1. The van der Waals surface area contributed by atoms with Crippen LogP contribution in [0.3, 0.4) is 0 Å². The zero-order chi connectivity index (χ0) is 18.3. The summed E-state index contributed by atoms with van der Waals surface area (Å²) < 4.78 is 27.7. The van der Waals surface area contributed by atoms with Crippen molar-refractivity contribution in [2.75, 3.05) is 31.1 Å². The minimum atomic E-state index is -0.654. The molecular formula is C18H14ClF2N3OS. The Hall–Kier alpha value is -2.25. The second kappa shape index (κ2) is 6.81. The molecule has 0 spiro atoms. The first kappa shape index (κ1) is 17.2. The van der Waals surface area contributed by atoms with Gasteiger partial charge >= 0.3 is 0 Å². The van der Waals surface area contributed by atoms with Crippen molar-refractivity contribution in [3.63, 3.8) is 0 Å². The summed E-state index contributed by atoms with van der Waals surface area (Å²) in [5.74, 6) is -1.30. The number of anilines is 1. The van der Waals surface area contributed by atoms with Crippen molar-refractivity contribution in [1.29, 1.82) is 0 Å². The van der Waals surface area contributed by atoms with Crippen LogP contribution in [0.5, 0.6) is 0 Å². The molecule has 2 heterocycles. The van der Waals surface area contributed by atoms with Crippen LogP contribution in [0, 0.1) is 11.6 Å². The van der Waals surface area contributed by atoms with Gasteiger partial charge in [0.15, 0.2) is 10.9 Å². The molecule has 1 saturated heterocycles. The lowest BCUT2D eigenvalue weighted by atomic mass is 10.2. The van der Waals surface area contributed by atoms with Gasteiger partial charge in [-0.25, -0.2) is 13.8 Å². The van der Waals surface area contributed by atoms with Gasteiger partial charge in [-0.05, 0) is 30.3 Å². The predicted molar refractivity (Wildman–Crippen MR) is 99.1 cm³/mol. The third-order valence-corrected chi connectivity index (χ3v) is 5.65. The molecule has 0 atom stereocenters. The molecule has 8 heteroatoms. The van der Waals surface area contributed by atoms with E-state index in [4.69, 9.17) is 11.6 Å². The number of nitrogens with zero attached hydrogens (tertiary/aromatic N) is 3. The number of benzene rings is 2. The maximum absolute atomic E-state index is 13.8. The van der Waals surface area contributed by atoms with E-state index in [1.54, 1.807) is 29.2 Å². The van der Waals surface area contributed by atoms with Gasteiger partial charge in [-0.2, -0.15) is 0 Å². The molecule has 3 aromatic rings. The summed E-state index contributed by atoms with van der Waals surface area (Å²) in [5, 5.41) is 1.23. The van der Waals surface area contributed by atoms with Crippen LogP contribution in [0.4, 0.5) is 13.9 Å². The fourth-order valence-electron chi connectivity index (χ4n) is 2.96. The Bertz CT molecular complexity index is 968. The maximum atomic E-state index is 13.8. The molecule has 4 rings (SSSR count). The maximum Gasteiger partial charge on any atom is 0.253 e. The molecule has 0 saturated carbocycles. The SMILES string of the molecule is O=C(c1ccc(Cl)cc1)N1CCN(c2nc3c(F)cc(F)cc3s2)CC1. The highest BCUT2D eigenvalue weighted by atomic mass is 35.5. The number of rotatable bonds is 2. The first-order valence-electron chi connectivity index (χ1n) is 8.06. The lowest BCUT2D eigenvalue weighted by molar-refractivity contribution is 0.0747. The molecule has 0 N–H and O–H groups in total. The summed E-state index contributed by atoms with van der Waals surface area (Å²) in [5.41, 5.74) is 0.784. The Labute approximate surface area is 157 Å². The number of piperazine rings is 1. The average Bonchev–Trinajstić information content (AvgIpc) is 3.06. The molecule has 134 valence electrons. The van der Waals surface area contributed by atoms with Gasteiger partial charge in [-0.15, -0.1) is 0 Å². The summed E-state index contributed by atoms with van der Waals surface area (Å²) in [4.78, 5) is 20.6. The predicted octanol–water partition coefficient (Wildman–Crippen LogP) is 4.19. The first-order valence-corrected chi connectivity index (χ1v) is 9.26. The third kappa shape index (κ3) is 3.24. The summed E-state index contributed by atoms with van der Waals surface area (Å²) in [7, 11) is 0. The molecule has 0 bridgehead atoms. The lowest BCUT2D eigenvalue weighted by Gasteiger charge is -2.34. The van der Waals surface area contributed by atoms with Crippen molar-refractivity contribution in [2.45, 2.75) is 0 Å². The largest absolute Gasteiger partial charge is 0.345 e. The van der Waals surface area contributed by atoms with E-state index in [0.29, 0.717) is 46.6 Å². The van der Waals surface area contributed by atoms with Gasteiger partial charge in [0.2, 0.25) is 0 Å². The van der Waals surface area contributed by atoms with Crippen LogP contribution in [-0.2, 0) is 0 Å². The molecule has 1 fully saturated rings. The van der Waals surface area contributed by atoms with Gasteiger partial charge < -0.3 is 9.80 Å². The first-order chi connectivity index (χ1) is 12.5. The van der Waals surface area contributed by atoms with Crippen molar-refractivity contribution in [3.05, 3.63) is 58.6 Å². The van der Waals surface area contributed by atoms with Gasteiger partial charge in [-0.3, -0.25) is 4.79 Å². The zero-order valence-corrected chi connectivity index (χ0v) is 15.2. The molecule has 0 aliphatic carbocycles. The fourth-order valence-corrected chi connectivity index (χ4v) is 4.14. The van der Waals surface area contributed by atoms with E-state index in [9.17, 15) is 13.6 Å². The lowest BCUT2D eigenvalue weighted by Crippen LogP contribution is -2.48. The van der Waals surface area contributed by atoms with Crippen LogP contribution in [0.25, 0.3) is 10.2 Å². The summed E-state index contributed by atoms with van der Waals surface area (Å²) in [6, 6.07) is 8.94. The van der Waals surface area contributed by atoms with Crippen LogP contribution >= 0.6 is 22.9 Å². The van der Waals surface area contributed by atoms with E-state index < -0.39 is 11.6 Å². The van der Waals surface area contributed by atoms with Crippen LogP contribution in [0.15, 0.2) is 36.4 Å². The molecule has 1 aromatic heterocycles. The monoisotopic (exact) mass is 393 g/mol. The number of hydrogen-bond donors (Lipinski definition) is 0. The summed E-state index contributed by atoms with van der Waals surface area (Å²) in [6.07, 6.45) is 0. The van der Waals surface area contributed by atoms with Crippen LogP contribution < -0.4 is 4.90 Å². The van der Waals surface area contributed by atoms with Crippen LogP contribution in [0.2, 0.25) is 5.02 Å². The molecule has 1 aliphatic rings. The molecule has 1 amide bonds. The number of aromatic nitrogens is 1. The fraction of sp³-hybridized carbons (Fsp3) is 0.222. The second-order valence-corrected chi connectivity index (χ2v) is 7.46. The van der Waals surface area contributed by atoms with Gasteiger partial charge in [0.25, 0.3) is 5.91 Å². The Morgan fingerprint density at radius 3 is 2.46 bits per heavy atom. The molecule has 4 nitrogen and oxygen atoms in total. The molecule has 26 heavy (non-hydrogen) atoms. The van der Waals surface area contributed by atoms with Crippen LogP contribution in [0.1, 0.15) is 10.4 Å². The van der Waals surface area contributed by atoms with Crippen molar-refractivity contribution in [1.82, 2.24) is 9.88 Å². The Balaban J connectivity index is 1.47. The van der Waals surface area contributed by atoms with Gasteiger partial charge in [0.05, 0.1) is 4.70 Å². The number of hydrogen-bond acceptors (Lipinski definition) is 4. The van der Waals surface area contributed by atoms with Gasteiger partial charge in [-0.1, -0.05) is 22.9 Å². The summed E-state index contributed by atoms with van der Waals surface area (Å²) in [6.45, 7) is 2.25. The van der Waals surface area contributed by atoms with E-state index in [1.165, 1.54) is 17.4 Å². The van der Waals surface area contributed by atoms with E-state index in [1.807, 2.05) is 4.90 Å².